The molecule has 5 nitrogen and oxygen atoms in total. The summed E-state index contributed by atoms with van der Waals surface area (Å²) in [5, 5.41) is 4.15. The van der Waals surface area contributed by atoms with Gasteiger partial charge in [-0.3, -0.25) is 4.79 Å². The summed E-state index contributed by atoms with van der Waals surface area (Å²) in [6.07, 6.45) is 12.1. The van der Waals surface area contributed by atoms with Crippen molar-refractivity contribution in [3.8, 4) is 11.5 Å². The van der Waals surface area contributed by atoms with Gasteiger partial charge in [-0.2, -0.15) is 0 Å². The number of carbonyl (C=O) groups excluding carboxylic acids is 1. The van der Waals surface area contributed by atoms with Gasteiger partial charge >= 0.3 is 0 Å². The van der Waals surface area contributed by atoms with Crippen molar-refractivity contribution in [2.45, 2.75) is 70.8 Å². The Morgan fingerprint density at radius 1 is 1.10 bits per heavy atom. The van der Waals surface area contributed by atoms with E-state index in [9.17, 15) is 4.79 Å². The fourth-order valence-electron chi connectivity index (χ4n) is 4.71. The quantitative estimate of drug-likeness (QED) is 0.662. The third kappa shape index (κ3) is 3.85. The van der Waals surface area contributed by atoms with Crippen molar-refractivity contribution in [2.24, 2.45) is 4.99 Å². The van der Waals surface area contributed by atoms with Gasteiger partial charge in [-0.15, -0.1) is 11.3 Å². The van der Waals surface area contributed by atoms with Crippen LogP contribution in [0, 0.1) is 6.92 Å². The van der Waals surface area contributed by atoms with E-state index in [1.807, 2.05) is 25.3 Å². The van der Waals surface area contributed by atoms with Crippen LogP contribution in [0.15, 0.2) is 17.1 Å². The summed E-state index contributed by atoms with van der Waals surface area (Å²) < 4.78 is 11.0. The number of nitrogens with one attached hydrogen (secondary N) is 1. The Labute approximate surface area is 181 Å². The zero-order valence-corrected chi connectivity index (χ0v) is 18.3. The molecule has 30 heavy (non-hydrogen) atoms. The molecule has 2 aromatic rings. The monoisotopic (exact) mass is 424 g/mol. The van der Waals surface area contributed by atoms with Crippen molar-refractivity contribution in [3.63, 3.8) is 0 Å². The van der Waals surface area contributed by atoms with Crippen LogP contribution in [-0.4, -0.2) is 25.0 Å². The molecule has 1 N–H and O–H groups in total. The van der Waals surface area contributed by atoms with Crippen LogP contribution in [0.5, 0.6) is 11.5 Å². The molecule has 0 bridgehead atoms. The molecule has 0 spiro atoms. The molecule has 1 aromatic carbocycles. The number of hydrogen-bond donors (Lipinski definition) is 1. The van der Waals surface area contributed by atoms with Crippen molar-refractivity contribution < 1.29 is 14.3 Å². The van der Waals surface area contributed by atoms with Crippen molar-refractivity contribution >= 4 is 28.5 Å². The molecule has 6 heteroatoms. The predicted octanol–water partition coefficient (Wildman–Crippen LogP) is 5.48. The van der Waals surface area contributed by atoms with Gasteiger partial charge in [0, 0.05) is 17.1 Å². The molecule has 2 aliphatic carbocycles. The largest absolute Gasteiger partial charge is 0.454 e. The number of ether oxygens (including phenoxy) is 2. The highest BCUT2D eigenvalue weighted by molar-refractivity contribution is 7.16. The number of aliphatic imine (C=N–C) groups is 1. The highest BCUT2D eigenvalue weighted by Crippen LogP contribution is 2.40. The third-order valence-corrected chi connectivity index (χ3v) is 7.60. The van der Waals surface area contributed by atoms with Gasteiger partial charge in [0.25, 0.3) is 5.91 Å². The maximum absolute atomic E-state index is 13.3. The second-order valence-corrected chi connectivity index (χ2v) is 9.60. The Bertz CT molecular complexity index is 989. The Kier molecular flexibility index (Phi) is 5.50. The number of rotatable bonds is 4. The zero-order chi connectivity index (χ0) is 20.5. The fourth-order valence-corrected chi connectivity index (χ4v) is 5.94. The van der Waals surface area contributed by atoms with Crippen LogP contribution in [0.1, 0.15) is 76.9 Å². The summed E-state index contributed by atoms with van der Waals surface area (Å²) >= 11 is 1.69. The number of amides is 1. The predicted molar refractivity (Wildman–Crippen MR) is 120 cm³/mol. The second kappa shape index (κ2) is 8.42. The minimum atomic E-state index is 0.0656. The van der Waals surface area contributed by atoms with E-state index in [1.165, 1.54) is 36.1 Å². The van der Waals surface area contributed by atoms with Gasteiger partial charge in [-0.05, 0) is 74.3 Å². The van der Waals surface area contributed by atoms with Gasteiger partial charge in [0.05, 0.1) is 5.56 Å². The minimum Gasteiger partial charge on any atom is -0.454 e. The molecular formula is C24H28N2O3S. The Balaban J connectivity index is 1.45. The molecule has 1 saturated carbocycles. The van der Waals surface area contributed by atoms with Crippen LogP contribution in [0.2, 0.25) is 0 Å². The Morgan fingerprint density at radius 2 is 1.87 bits per heavy atom. The lowest BCUT2D eigenvalue weighted by Crippen LogP contribution is -2.36. The van der Waals surface area contributed by atoms with Crippen LogP contribution >= 0.6 is 11.3 Å². The first-order chi connectivity index (χ1) is 14.7. The lowest BCUT2D eigenvalue weighted by molar-refractivity contribution is 0.0927. The van der Waals surface area contributed by atoms with E-state index in [-0.39, 0.29) is 12.7 Å². The number of thiophene rings is 1. The van der Waals surface area contributed by atoms with Crippen LogP contribution in [0.3, 0.4) is 0 Å². The van der Waals surface area contributed by atoms with Gasteiger partial charge in [0.15, 0.2) is 11.5 Å². The zero-order valence-electron chi connectivity index (χ0n) is 17.5. The number of carbonyl (C=O) groups is 1. The first kappa shape index (κ1) is 19.6. The smallest absolute Gasteiger partial charge is 0.254 e. The molecule has 0 atom stereocenters. The summed E-state index contributed by atoms with van der Waals surface area (Å²) in [6, 6.07) is 4.26. The maximum Gasteiger partial charge on any atom is 0.254 e. The van der Waals surface area contributed by atoms with Crippen LogP contribution < -0.4 is 14.8 Å². The van der Waals surface area contributed by atoms with Gasteiger partial charge < -0.3 is 14.8 Å². The van der Waals surface area contributed by atoms with Crippen LogP contribution in [0.4, 0.5) is 5.00 Å². The molecule has 158 valence electrons. The van der Waals surface area contributed by atoms with Crippen LogP contribution in [-0.2, 0) is 12.8 Å². The first-order valence-electron chi connectivity index (χ1n) is 11.1. The Hall–Kier alpha value is -2.34. The van der Waals surface area contributed by atoms with Crippen molar-refractivity contribution in [1.82, 2.24) is 5.32 Å². The molecule has 0 radical (unpaired) electrons. The number of benzene rings is 1. The SMILES string of the molecule is Cc1cc2c(cc1/C=N/c1sc3c(c1C(=O)NC1CCCCC1)CCCC3)OCO2. The standard InChI is InChI=1S/C24H28N2O3S/c1-15-11-19-20(29-14-28-19)12-16(15)13-25-24-22(18-9-5-6-10-21(18)30-24)23(27)26-17-7-3-2-4-8-17/h11-13,17H,2-10,14H2,1H3,(H,26,27)/b25-13+. The second-order valence-electron chi connectivity index (χ2n) is 8.52. The lowest BCUT2D eigenvalue weighted by atomic mass is 9.93. The van der Waals surface area contributed by atoms with Crippen LogP contribution in [0.25, 0.3) is 0 Å². The van der Waals surface area contributed by atoms with Gasteiger partial charge in [-0.1, -0.05) is 19.3 Å². The highest BCUT2D eigenvalue weighted by Gasteiger charge is 2.27. The average molecular weight is 425 g/mol. The van der Waals surface area contributed by atoms with E-state index in [2.05, 4.69) is 5.32 Å². The first-order valence-corrected chi connectivity index (χ1v) is 11.9. The van der Waals surface area contributed by atoms with E-state index in [0.717, 1.165) is 65.3 Å². The van der Waals surface area contributed by atoms with Crippen molar-refractivity contribution in [1.29, 1.82) is 0 Å². The normalized spacial score (nSPS) is 18.6. The molecule has 0 unspecified atom stereocenters. The molecule has 1 aliphatic heterocycles. The summed E-state index contributed by atoms with van der Waals surface area (Å²) in [5.74, 6) is 1.60. The average Bonchev–Trinajstić information content (AvgIpc) is 3.36. The molecule has 1 fully saturated rings. The highest BCUT2D eigenvalue weighted by atomic mass is 32.1. The molecule has 3 aliphatic rings. The Morgan fingerprint density at radius 3 is 2.70 bits per heavy atom. The van der Waals surface area contributed by atoms with E-state index >= 15 is 0 Å². The van der Waals surface area contributed by atoms with Crippen molar-refractivity contribution in [3.05, 3.63) is 39.3 Å². The maximum atomic E-state index is 13.3. The number of hydrogen-bond acceptors (Lipinski definition) is 5. The van der Waals surface area contributed by atoms with Crippen molar-refractivity contribution in [2.75, 3.05) is 6.79 Å². The van der Waals surface area contributed by atoms with Gasteiger partial charge in [-0.25, -0.2) is 4.99 Å². The minimum absolute atomic E-state index is 0.0656. The third-order valence-electron chi connectivity index (χ3n) is 6.40. The number of nitrogens with zero attached hydrogens (tertiary/aromatic N) is 1. The lowest BCUT2D eigenvalue weighted by Gasteiger charge is -2.23. The van der Waals surface area contributed by atoms with E-state index < -0.39 is 0 Å². The fraction of sp³-hybridized carbons (Fsp3) is 0.500. The molecule has 1 aromatic heterocycles. The van der Waals surface area contributed by atoms with Gasteiger partial charge in [0.2, 0.25) is 6.79 Å². The van der Waals surface area contributed by atoms with E-state index in [1.54, 1.807) is 11.3 Å². The molecule has 2 heterocycles. The molecule has 1 amide bonds. The molecule has 5 rings (SSSR count). The number of aryl methyl sites for hydroxylation is 2. The topological polar surface area (TPSA) is 59.9 Å². The van der Waals surface area contributed by atoms with E-state index in [4.69, 9.17) is 14.5 Å². The van der Waals surface area contributed by atoms with Gasteiger partial charge in [0.1, 0.15) is 5.00 Å². The summed E-state index contributed by atoms with van der Waals surface area (Å²) in [7, 11) is 0. The summed E-state index contributed by atoms with van der Waals surface area (Å²) in [5.41, 5.74) is 4.12. The summed E-state index contributed by atoms with van der Waals surface area (Å²) in [4.78, 5) is 19.4. The molecular weight excluding hydrogens is 396 g/mol. The van der Waals surface area contributed by atoms with E-state index in [0.29, 0.717) is 6.04 Å². The number of fused-ring (bicyclic) bond motifs is 2. The molecule has 0 saturated heterocycles. The summed E-state index contributed by atoms with van der Waals surface area (Å²) in [6.45, 7) is 2.30.